The zero-order valence-corrected chi connectivity index (χ0v) is 10.8. The minimum atomic E-state index is -0.220. The fourth-order valence-corrected chi connectivity index (χ4v) is 1.90. The molecule has 0 unspecified atom stereocenters. The van der Waals surface area contributed by atoms with Crippen LogP contribution in [0.4, 0.5) is 0 Å². The molecule has 20 heavy (non-hydrogen) atoms. The van der Waals surface area contributed by atoms with Crippen LogP contribution in [-0.4, -0.2) is 16.6 Å². The van der Waals surface area contributed by atoms with Crippen LogP contribution in [0.25, 0.3) is 11.4 Å². The maximum atomic E-state index is 11.3. The van der Waals surface area contributed by atoms with Crippen LogP contribution >= 0.6 is 0 Å². The van der Waals surface area contributed by atoms with Gasteiger partial charge in [0.1, 0.15) is 17.6 Å². The van der Waals surface area contributed by atoms with E-state index in [0.29, 0.717) is 35.2 Å². The first kappa shape index (κ1) is 12.4. The second kappa shape index (κ2) is 5.17. The SMILES string of the molecule is N#Cc1cc(-c2nccc(=O)[nH]2)ccc1OCC1CC1. The van der Waals surface area contributed by atoms with Crippen LogP contribution in [0.3, 0.4) is 0 Å². The number of nitriles is 1. The Kier molecular flexibility index (Phi) is 3.21. The molecule has 1 saturated carbocycles. The zero-order valence-electron chi connectivity index (χ0n) is 10.8. The number of hydrogen-bond donors (Lipinski definition) is 1. The minimum absolute atomic E-state index is 0.220. The lowest BCUT2D eigenvalue weighted by atomic mass is 10.1. The molecule has 0 atom stereocenters. The molecular weight excluding hydrogens is 254 g/mol. The van der Waals surface area contributed by atoms with Crippen molar-refractivity contribution in [2.24, 2.45) is 5.92 Å². The van der Waals surface area contributed by atoms with Crippen LogP contribution in [-0.2, 0) is 0 Å². The molecule has 1 aliphatic carbocycles. The van der Waals surface area contributed by atoms with Crippen LogP contribution in [0.2, 0.25) is 0 Å². The smallest absolute Gasteiger partial charge is 0.251 e. The van der Waals surface area contributed by atoms with Crippen LogP contribution in [0.5, 0.6) is 5.75 Å². The largest absolute Gasteiger partial charge is 0.492 e. The van der Waals surface area contributed by atoms with E-state index in [4.69, 9.17) is 4.74 Å². The fraction of sp³-hybridized carbons (Fsp3) is 0.267. The summed E-state index contributed by atoms with van der Waals surface area (Å²) >= 11 is 0. The van der Waals surface area contributed by atoms with E-state index in [1.54, 1.807) is 18.2 Å². The van der Waals surface area contributed by atoms with E-state index in [1.165, 1.54) is 25.1 Å². The van der Waals surface area contributed by atoms with Crippen LogP contribution in [0.1, 0.15) is 18.4 Å². The van der Waals surface area contributed by atoms with Gasteiger partial charge in [0.05, 0.1) is 12.2 Å². The first-order chi connectivity index (χ1) is 9.76. The van der Waals surface area contributed by atoms with Gasteiger partial charge in [-0.05, 0) is 37.0 Å². The van der Waals surface area contributed by atoms with E-state index >= 15 is 0 Å². The van der Waals surface area contributed by atoms with Crippen LogP contribution < -0.4 is 10.3 Å². The number of aromatic nitrogens is 2. The van der Waals surface area contributed by atoms with Crippen molar-refractivity contribution in [3.63, 3.8) is 0 Å². The Morgan fingerprint density at radius 3 is 2.95 bits per heavy atom. The number of benzene rings is 1. The summed E-state index contributed by atoms with van der Waals surface area (Å²) in [7, 11) is 0. The maximum Gasteiger partial charge on any atom is 0.251 e. The monoisotopic (exact) mass is 267 g/mol. The molecule has 0 aliphatic heterocycles. The molecule has 3 rings (SSSR count). The molecule has 1 aliphatic rings. The van der Waals surface area contributed by atoms with E-state index in [0.717, 1.165) is 0 Å². The van der Waals surface area contributed by atoms with Gasteiger partial charge in [0.25, 0.3) is 5.56 Å². The quantitative estimate of drug-likeness (QED) is 0.920. The fourth-order valence-electron chi connectivity index (χ4n) is 1.90. The van der Waals surface area contributed by atoms with E-state index < -0.39 is 0 Å². The molecule has 1 aromatic heterocycles. The lowest BCUT2D eigenvalue weighted by Crippen LogP contribution is -2.06. The van der Waals surface area contributed by atoms with Crippen LogP contribution in [0.15, 0.2) is 35.3 Å². The molecule has 1 aromatic carbocycles. The van der Waals surface area contributed by atoms with E-state index in [1.807, 2.05) is 0 Å². The molecule has 0 amide bonds. The standard InChI is InChI=1S/C15H13N3O2/c16-8-12-7-11(15-17-6-5-14(19)18-15)3-4-13(12)20-9-10-1-2-10/h3-7,10H,1-2,9H2,(H,17,18,19). The second-order valence-electron chi connectivity index (χ2n) is 4.86. The van der Waals surface area contributed by atoms with Gasteiger partial charge in [-0.2, -0.15) is 5.26 Å². The van der Waals surface area contributed by atoms with E-state index in [-0.39, 0.29) is 5.56 Å². The Bertz CT molecular complexity index is 726. The van der Waals surface area contributed by atoms with E-state index in [2.05, 4.69) is 16.0 Å². The maximum absolute atomic E-state index is 11.3. The molecule has 0 radical (unpaired) electrons. The van der Waals surface area contributed by atoms with Crippen molar-refractivity contribution in [1.29, 1.82) is 5.26 Å². The number of rotatable bonds is 4. The number of ether oxygens (including phenoxy) is 1. The molecule has 5 nitrogen and oxygen atoms in total. The summed E-state index contributed by atoms with van der Waals surface area (Å²) in [6.07, 6.45) is 3.85. The van der Waals surface area contributed by atoms with Crippen molar-refractivity contribution in [1.82, 2.24) is 9.97 Å². The highest BCUT2D eigenvalue weighted by atomic mass is 16.5. The number of H-pyrrole nitrogens is 1. The molecule has 100 valence electrons. The highest BCUT2D eigenvalue weighted by molar-refractivity contribution is 5.61. The Balaban J connectivity index is 1.90. The molecule has 5 heteroatoms. The van der Waals surface area contributed by atoms with Crippen molar-refractivity contribution in [3.05, 3.63) is 46.4 Å². The van der Waals surface area contributed by atoms with Gasteiger partial charge in [0.2, 0.25) is 0 Å². The molecule has 0 bridgehead atoms. The minimum Gasteiger partial charge on any atom is -0.492 e. The highest BCUT2D eigenvalue weighted by Crippen LogP contribution is 2.31. The lowest BCUT2D eigenvalue weighted by molar-refractivity contribution is 0.299. The summed E-state index contributed by atoms with van der Waals surface area (Å²) in [5.74, 6) is 1.66. The normalized spacial score (nSPS) is 13.8. The van der Waals surface area contributed by atoms with Gasteiger partial charge < -0.3 is 9.72 Å². The van der Waals surface area contributed by atoms with Gasteiger partial charge in [0, 0.05) is 17.8 Å². The summed E-state index contributed by atoms with van der Waals surface area (Å²) in [6.45, 7) is 0.661. The third kappa shape index (κ3) is 2.69. The summed E-state index contributed by atoms with van der Waals surface area (Å²) in [6, 6.07) is 8.70. The molecule has 2 aromatic rings. The predicted molar refractivity (Wildman–Crippen MR) is 73.2 cm³/mol. The van der Waals surface area contributed by atoms with Crippen molar-refractivity contribution in [2.75, 3.05) is 6.61 Å². The highest BCUT2D eigenvalue weighted by Gasteiger charge is 2.22. The third-order valence-electron chi connectivity index (χ3n) is 3.22. The zero-order chi connectivity index (χ0) is 13.9. The van der Waals surface area contributed by atoms with Gasteiger partial charge in [-0.15, -0.1) is 0 Å². The topological polar surface area (TPSA) is 78.8 Å². The van der Waals surface area contributed by atoms with Crippen molar-refractivity contribution < 1.29 is 4.74 Å². The summed E-state index contributed by atoms with van der Waals surface area (Å²) < 4.78 is 5.65. The lowest BCUT2D eigenvalue weighted by Gasteiger charge is -2.08. The Morgan fingerprint density at radius 1 is 1.40 bits per heavy atom. The average molecular weight is 267 g/mol. The van der Waals surface area contributed by atoms with Gasteiger partial charge in [0.15, 0.2) is 0 Å². The van der Waals surface area contributed by atoms with Gasteiger partial charge in [-0.25, -0.2) is 4.98 Å². The first-order valence-corrected chi connectivity index (χ1v) is 6.49. The molecule has 1 heterocycles. The van der Waals surface area contributed by atoms with Crippen molar-refractivity contribution >= 4 is 0 Å². The third-order valence-corrected chi connectivity index (χ3v) is 3.22. The van der Waals surface area contributed by atoms with Crippen LogP contribution in [0, 0.1) is 17.2 Å². The Morgan fingerprint density at radius 2 is 2.25 bits per heavy atom. The predicted octanol–water partition coefficient (Wildman–Crippen LogP) is 2.10. The second-order valence-corrected chi connectivity index (χ2v) is 4.86. The number of nitrogens with zero attached hydrogens (tertiary/aromatic N) is 2. The summed E-state index contributed by atoms with van der Waals surface area (Å²) in [5, 5.41) is 9.20. The van der Waals surface area contributed by atoms with Crippen molar-refractivity contribution in [3.8, 4) is 23.2 Å². The van der Waals surface area contributed by atoms with Gasteiger partial charge in [-0.1, -0.05) is 0 Å². The molecule has 1 N–H and O–H groups in total. The molecule has 1 fully saturated rings. The number of hydrogen-bond acceptors (Lipinski definition) is 4. The van der Waals surface area contributed by atoms with Crippen molar-refractivity contribution in [2.45, 2.75) is 12.8 Å². The number of aromatic amines is 1. The average Bonchev–Trinajstić information content (AvgIpc) is 3.29. The molecular formula is C15H13N3O2. The first-order valence-electron chi connectivity index (χ1n) is 6.49. The Hall–Kier alpha value is -2.61. The summed E-state index contributed by atoms with van der Waals surface area (Å²) in [4.78, 5) is 18.0. The van der Waals surface area contributed by atoms with E-state index in [9.17, 15) is 10.1 Å². The summed E-state index contributed by atoms with van der Waals surface area (Å²) in [5.41, 5.74) is 0.926. The molecule has 0 saturated heterocycles. The number of nitrogens with one attached hydrogen (secondary N) is 1. The van der Waals surface area contributed by atoms with Gasteiger partial charge >= 0.3 is 0 Å². The molecule has 0 spiro atoms. The van der Waals surface area contributed by atoms with Gasteiger partial charge in [-0.3, -0.25) is 4.79 Å². The Labute approximate surface area is 115 Å².